The van der Waals surface area contributed by atoms with Crippen LogP contribution in [-0.4, -0.2) is 22.7 Å². The molecule has 3 heterocycles. The summed E-state index contributed by atoms with van der Waals surface area (Å²) in [4.78, 5) is 4.62. The molecule has 4 rings (SSSR count). The summed E-state index contributed by atoms with van der Waals surface area (Å²) in [6.45, 7) is 0. The van der Waals surface area contributed by atoms with Crippen LogP contribution in [0.5, 0.6) is 0 Å². The zero-order valence-corrected chi connectivity index (χ0v) is 11.5. The van der Waals surface area contributed by atoms with Crippen molar-refractivity contribution in [3.05, 3.63) is 42.1 Å². The van der Waals surface area contributed by atoms with E-state index in [1.807, 2.05) is 30.3 Å². The highest BCUT2D eigenvalue weighted by molar-refractivity contribution is 5.78. The molecule has 2 fully saturated rings. The number of alkyl halides is 1. The van der Waals surface area contributed by atoms with Gasteiger partial charge in [-0.05, 0) is 37.8 Å². The van der Waals surface area contributed by atoms with Gasteiger partial charge in [-0.2, -0.15) is 0 Å². The van der Waals surface area contributed by atoms with Crippen molar-refractivity contribution in [2.24, 2.45) is 0 Å². The summed E-state index contributed by atoms with van der Waals surface area (Å²) in [6, 6.07) is 12.8. The minimum Gasteiger partial charge on any atom is -0.311 e. The van der Waals surface area contributed by atoms with Crippen molar-refractivity contribution in [2.45, 2.75) is 49.9 Å². The molecule has 2 aliphatic heterocycles. The number of fused-ring (bicyclic) bond motifs is 3. The minimum absolute atomic E-state index is 0.374. The van der Waals surface area contributed by atoms with Gasteiger partial charge < -0.3 is 5.32 Å². The Labute approximate surface area is 118 Å². The van der Waals surface area contributed by atoms with E-state index in [2.05, 4.69) is 16.4 Å². The Morgan fingerprint density at radius 1 is 1.10 bits per heavy atom. The van der Waals surface area contributed by atoms with Crippen molar-refractivity contribution in [1.82, 2.24) is 10.3 Å². The van der Waals surface area contributed by atoms with E-state index in [-0.39, 0.29) is 0 Å². The molecule has 0 aliphatic carbocycles. The van der Waals surface area contributed by atoms with Crippen LogP contribution in [0.2, 0.25) is 0 Å². The van der Waals surface area contributed by atoms with Gasteiger partial charge in [0.2, 0.25) is 0 Å². The van der Waals surface area contributed by atoms with Crippen LogP contribution < -0.4 is 5.32 Å². The molecule has 2 saturated heterocycles. The summed E-state index contributed by atoms with van der Waals surface area (Å²) in [6.07, 6.45) is 3.98. The average Bonchev–Trinajstić information content (AvgIpc) is 2.78. The highest BCUT2D eigenvalue weighted by Gasteiger charge is 2.44. The molecule has 2 aromatic rings. The van der Waals surface area contributed by atoms with E-state index in [0.717, 1.165) is 29.4 Å². The number of nitrogens with zero attached hydrogens (tertiary/aromatic N) is 1. The van der Waals surface area contributed by atoms with E-state index in [0.29, 0.717) is 31.3 Å². The highest BCUT2D eigenvalue weighted by Crippen LogP contribution is 2.38. The second-order valence-corrected chi connectivity index (χ2v) is 6.37. The number of para-hydroxylation sites is 1. The largest absolute Gasteiger partial charge is 0.311 e. The van der Waals surface area contributed by atoms with Gasteiger partial charge >= 0.3 is 0 Å². The van der Waals surface area contributed by atoms with Crippen molar-refractivity contribution < 1.29 is 4.39 Å². The molecule has 20 heavy (non-hydrogen) atoms. The van der Waals surface area contributed by atoms with E-state index >= 15 is 4.39 Å². The summed E-state index contributed by atoms with van der Waals surface area (Å²) >= 11 is 0. The van der Waals surface area contributed by atoms with Crippen molar-refractivity contribution in [3.8, 4) is 0 Å². The Balaban J connectivity index is 1.60. The van der Waals surface area contributed by atoms with E-state index in [9.17, 15) is 0 Å². The summed E-state index contributed by atoms with van der Waals surface area (Å²) in [5, 5.41) is 4.62. The number of piperidine rings is 1. The topological polar surface area (TPSA) is 24.9 Å². The van der Waals surface area contributed by atoms with Gasteiger partial charge in [0.05, 0.1) is 5.52 Å². The van der Waals surface area contributed by atoms with Gasteiger partial charge in [0.25, 0.3) is 0 Å². The maximum Gasteiger partial charge on any atom is 0.119 e. The highest BCUT2D eigenvalue weighted by atomic mass is 19.1. The predicted octanol–water partition coefficient (Wildman–Crippen LogP) is 3.40. The quantitative estimate of drug-likeness (QED) is 0.904. The van der Waals surface area contributed by atoms with Gasteiger partial charge in [-0.15, -0.1) is 0 Å². The van der Waals surface area contributed by atoms with Crippen LogP contribution in [0.25, 0.3) is 10.9 Å². The van der Waals surface area contributed by atoms with E-state index < -0.39 is 5.67 Å². The van der Waals surface area contributed by atoms with Crippen LogP contribution in [0.15, 0.2) is 36.4 Å². The molecule has 3 heteroatoms. The monoisotopic (exact) mass is 270 g/mol. The fraction of sp³-hybridized carbons (Fsp3) is 0.471. The standard InChI is InChI=1S/C17H19FN2/c18-17(9-13-7-8-14(10-17)19-13)11-15-6-5-12-3-1-2-4-16(12)20-15/h1-6,13-14,19H,7-11H2. The smallest absolute Gasteiger partial charge is 0.119 e. The van der Waals surface area contributed by atoms with Crippen LogP contribution in [0.4, 0.5) is 4.39 Å². The Morgan fingerprint density at radius 2 is 1.85 bits per heavy atom. The van der Waals surface area contributed by atoms with E-state index in [4.69, 9.17) is 0 Å². The van der Waals surface area contributed by atoms with Crippen LogP contribution in [0, 0.1) is 0 Å². The normalized spacial score (nSPS) is 32.6. The molecule has 0 radical (unpaired) electrons. The van der Waals surface area contributed by atoms with Gasteiger partial charge in [-0.1, -0.05) is 24.3 Å². The summed E-state index contributed by atoms with van der Waals surface area (Å²) in [5.41, 5.74) is 0.769. The molecule has 0 saturated carbocycles. The third-order valence-electron chi connectivity index (χ3n) is 4.71. The number of pyridine rings is 1. The van der Waals surface area contributed by atoms with Gasteiger partial charge in [0, 0.05) is 29.6 Å². The van der Waals surface area contributed by atoms with Crippen LogP contribution in [0.3, 0.4) is 0 Å². The first-order valence-electron chi connectivity index (χ1n) is 7.50. The lowest BCUT2D eigenvalue weighted by atomic mass is 9.85. The molecule has 104 valence electrons. The Kier molecular flexibility index (Phi) is 2.77. The van der Waals surface area contributed by atoms with Crippen molar-refractivity contribution in [2.75, 3.05) is 0 Å². The predicted molar refractivity (Wildman–Crippen MR) is 78.5 cm³/mol. The first-order chi connectivity index (χ1) is 9.70. The number of hydrogen-bond acceptors (Lipinski definition) is 2. The minimum atomic E-state index is -1.08. The zero-order valence-electron chi connectivity index (χ0n) is 11.5. The van der Waals surface area contributed by atoms with Gasteiger partial charge in [0.1, 0.15) is 5.67 Å². The molecular weight excluding hydrogens is 251 g/mol. The van der Waals surface area contributed by atoms with E-state index in [1.165, 1.54) is 0 Å². The fourth-order valence-corrected chi connectivity index (χ4v) is 3.87. The summed E-state index contributed by atoms with van der Waals surface area (Å²) in [7, 11) is 0. The first kappa shape index (κ1) is 12.3. The zero-order chi connectivity index (χ0) is 13.6. The number of aromatic nitrogens is 1. The molecule has 1 aromatic heterocycles. The molecule has 2 nitrogen and oxygen atoms in total. The Hall–Kier alpha value is -1.48. The second-order valence-electron chi connectivity index (χ2n) is 6.37. The lowest BCUT2D eigenvalue weighted by molar-refractivity contribution is 0.0884. The van der Waals surface area contributed by atoms with Crippen molar-refractivity contribution in [3.63, 3.8) is 0 Å². The SMILES string of the molecule is FC1(Cc2ccc3ccccc3n2)CC2CCC(C1)N2. The van der Waals surface area contributed by atoms with E-state index in [1.54, 1.807) is 0 Å². The molecule has 2 atom stereocenters. The second kappa shape index (κ2) is 4.52. The van der Waals surface area contributed by atoms with Gasteiger partial charge in [-0.25, -0.2) is 4.39 Å². The van der Waals surface area contributed by atoms with Crippen molar-refractivity contribution >= 4 is 10.9 Å². The number of benzene rings is 1. The molecule has 1 N–H and O–H groups in total. The molecule has 1 aromatic carbocycles. The third kappa shape index (κ3) is 2.20. The van der Waals surface area contributed by atoms with Gasteiger partial charge in [-0.3, -0.25) is 4.98 Å². The molecule has 0 spiro atoms. The Bertz CT molecular complexity index is 628. The molecule has 2 aliphatic rings. The molecule has 2 bridgehead atoms. The number of hydrogen-bond donors (Lipinski definition) is 1. The van der Waals surface area contributed by atoms with Crippen LogP contribution in [-0.2, 0) is 6.42 Å². The lowest BCUT2D eigenvalue weighted by Gasteiger charge is -2.34. The molecule has 0 amide bonds. The lowest BCUT2D eigenvalue weighted by Crippen LogP contribution is -2.47. The maximum atomic E-state index is 15.1. The van der Waals surface area contributed by atoms with Crippen molar-refractivity contribution in [1.29, 1.82) is 0 Å². The molecule has 2 unspecified atom stereocenters. The Morgan fingerprint density at radius 3 is 2.65 bits per heavy atom. The summed E-state index contributed by atoms with van der Waals surface area (Å²) in [5.74, 6) is 0. The summed E-state index contributed by atoms with van der Waals surface area (Å²) < 4.78 is 15.1. The maximum absolute atomic E-state index is 15.1. The third-order valence-corrected chi connectivity index (χ3v) is 4.71. The van der Waals surface area contributed by atoms with Crippen LogP contribution >= 0.6 is 0 Å². The first-order valence-corrected chi connectivity index (χ1v) is 7.50. The molecular formula is C17H19FN2. The average molecular weight is 270 g/mol. The number of halogens is 1. The van der Waals surface area contributed by atoms with Crippen LogP contribution in [0.1, 0.15) is 31.4 Å². The fourth-order valence-electron chi connectivity index (χ4n) is 3.87. The number of nitrogens with one attached hydrogen (secondary N) is 1. The van der Waals surface area contributed by atoms with Gasteiger partial charge in [0.15, 0.2) is 0 Å². The number of rotatable bonds is 2.